The first kappa shape index (κ1) is 17.2. The first-order valence-corrected chi connectivity index (χ1v) is 8.47. The number of carbonyl (C=O) groups excluding carboxylic acids is 1. The molecule has 6 heteroatoms. The average molecular weight is 400 g/mol. The zero-order chi connectivity index (χ0) is 17.6. The maximum Gasteiger partial charge on any atom is 0.224 e. The molecule has 4 nitrogen and oxygen atoms in total. The number of nitrogens with one attached hydrogen (secondary N) is 1. The van der Waals surface area contributed by atoms with Crippen LogP contribution in [0, 0.1) is 5.82 Å². The van der Waals surface area contributed by atoms with Gasteiger partial charge in [-0.25, -0.2) is 14.4 Å². The largest absolute Gasteiger partial charge is 0.350 e. The van der Waals surface area contributed by atoms with Crippen LogP contribution in [0.5, 0.6) is 0 Å². The lowest BCUT2D eigenvalue weighted by Crippen LogP contribution is -2.25. The third-order valence-electron chi connectivity index (χ3n) is 3.61. The summed E-state index contributed by atoms with van der Waals surface area (Å²) in [7, 11) is 0. The molecular weight excluding hydrogens is 385 g/mol. The van der Waals surface area contributed by atoms with Crippen LogP contribution in [-0.2, 0) is 17.8 Å². The van der Waals surface area contributed by atoms with E-state index < -0.39 is 0 Å². The van der Waals surface area contributed by atoms with Gasteiger partial charge < -0.3 is 5.32 Å². The lowest BCUT2D eigenvalue weighted by molar-refractivity contribution is -0.120. The molecule has 0 fully saturated rings. The molecule has 1 amide bonds. The SMILES string of the molecule is O=C(Cc1ccc(Br)cc1)NCc1cc(-c2ccc(F)cc2)ncn1. The van der Waals surface area contributed by atoms with Gasteiger partial charge in [0.2, 0.25) is 5.91 Å². The first-order valence-electron chi connectivity index (χ1n) is 7.68. The minimum atomic E-state index is -0.293. The molecule has 0 atom stereocenters. The van der Waals surface area contributed by atoms with Crippen LogP contribution in [0.25, 0.3) is 11.3 Å². The van der Waals surface area contributed by atoms with E-state index in [9.17, 15) is 9.18 Å². The molecule has 0 bridgehead atoms. The number of halogens is 2. The third kappa shape index (κ3) is 4.93. The summed E-state index contributed by atoms with van der Waals surface area (Å²) < 4.78 is 14.0. The van der Waals surface area contributed by atoms with Crippen molar-refractivity contribution in [1.29, 1.82) is 0 Å². The standard InChI is InChI=1S/C19H15BrFN3O/c20-15-5-1-13(2-6-15)9-19(25)22-11-17-10-18(24-12-23-17)14-3-7-16(21)8-4-14/h1-8,10,12H,9,11H2,(H,22,25). The molecule has 25 heavy (non-hydrogen) atoms. The van der Waals surface area contributed by atoms with E-state index >= 15 is 0 Å². The normalized spacial score (nSPS) is 10.5. The van der Waals surface area contributed by atoms with Crippen LogP contribution in [0.2, 0.25) is 0 Å². The van der Waals surface area contributed by atoms with E-state index in [0.29, 0.717) is 24.4 Å². The molecule has 0 aliphatic heterocycles. The lowest BCUT2D eigenvalue weighted by Gasteiger charge is -2.07. The van der Waals surface area contributed by atoms with E-state index in [1.807, 2.05) is 24.3 Å². The van der Waals surface area contributed by atoms with Gasteiger partial charge in [-0.15, -0.1) is 0 Å². The highest BCUT2D eigenvalue weighted by Crippen LogP contribution is 2.17. The molecule has 0 radical (unpaired) electrons. The van der Waals surface area contributed by atoms with E-state index in [1.54, 1.807) is 18.2 Å². The van der Waals surface area contributed by atoms with Crippen LogP contribution in [0.3, 0.4) is 0 Å². The predicted molar refractivity (Wildman–Crippen MR) is 97.1 cm³/mol. The molecule has 3 rings (SSSR count). The Hall–Kier alpha value is -2.60. The molecule has 2 aromatic carbocycles. The molecule has 0 aliphatic rings. The maximum atomic E-state index is 13.0. The summed E-state index contributed by atoms with van der Waals surface area (Å²) in [6, 6.07) is 15.5. The second-order valence-electron chi connectivity index (χ2n) is 5.48. The van der Waals surface area contributed by atoms with Gasteiger partial charge in [0.25, 0.3) is 0 Å². The van der Waals surface area contributed by atoms with Crippen molar-refractivity contribution in [2.75, 3.05) is 0 Å². The summed E-state index contributed by atoms with van der Waals surface area (Å²) in [5.74, 6) is -0.373. The summed E-state index contributed by atoms with van der Waals surface area (Å²) in [5.41, 5.74) is 3.12. The van der Waals surface area contributed by atoms with Crippen molar-refractivity contribution >= 4 is 21.8 Å². The predicted octanol–water partition coefficient (Wildman–Crippen LogP) is 3.90. The van der Waals surface area contributed by atoms with Gasteiger partial charge in [0, 0.05) is 10.0 Å². The van der Waals surface area contributed by atoms with Gasteiger partial charge in [-0.2, -0.15) is 0 Å². The van der Waals surface area contributed by atoms with Crippen LogP contribution in [0.4, 0.5) is 4.39 Å². The van der Waals surface area contributed by atoms with Crippen molar-refractivity contribution in [3.8, 4) is 11.3 Å². The number of carbonyl (C=O) groups is 1. The fraction of sp³-hybridized carbons (Fsp3) is 0.105. The Balaban J connectivity index is 1.61. The van der Waals surface area contributed by atoms with Crippen molar-refractivity contribution in [2.24, 2.45) is 0 Å². The fourth-order valence-electron chi connectivity index (χ4n) is 2.31. The van der Waals surface area contributed by atoms with Crippen LogP contribution >= 0.6 is 15.9 Å². The monoisotopic (exact) mass is 399 g/mol. The van der Waals surface area contributed by atoms with E-state index in [2.05, 4.69) is 31.2 Å². The molecule has 0 saturated carbocycles. The van der Waals surface area contributed by atoms with Crippen LogP contribution < -0.4 is 5.32 Å². The van der Waals surface area contributed by atoms with Crippen LogP contribution in [0.15, 0.2) is 65.4 Å². The number of rotatable bonds is 5. The summed E-state index contributed by atoms with van der Waals surface area (Å²) >= 11 is 3.37. The van der Waals surface area contributed by atoms with Gasteiger partial charge in [0.05, 0.1) is 24.4 Å². The third-order valence-corrected chi connectivity index (χ3v) is 4.14. The zero-order valence-electron chi connectivity index (χ0n) is 13.2. The Labute approximate surface area is 153 Å². The van der Waals surface area contributed by atoms with Crippen molar-refractivity contribution in [1.82, 2.24) is 15.3 Å². The second kappa shape index (κ2) is 7.98. The van der Waals surface area contributed by atoms with Gasteiger partial charge in [-0.3, -0.25) is 4.79 Å². The molecule has 1 aromatic heterocycles. The molecule has 3 aromatic rings. The second-order valence-corrected chi connectivity index (χ2v) is 6.40. The molecule has 126 valence electrons. The van der Waals surface area contributed by atoms with Crippen LogP contribution in [0.1, 0.15) is 11.3 Å². The Morgan fingerprint density at radius 2 is 1.76 bits per heavy atom. The van der Waals surface area contributed by atoms with Gasteiger partial charge in [-0.05, 0) is 48.0 Å². The van der Waals surface area contributed by atoms with Gasteiger partial charge in [0.1, 0.15) is 12.1 Å². The van der Waals surface area contributed by atoms with E-state index in [4.69, 9.17) is 0 Å². The van der Waals surface area contributed by atoms with Crippen molar-refractivity contribution < 1.29 is 9.18 Å². The number of benzene rings is 2. The summed E-state index contributed by atoms with van der Waals surface area (Å²) in [6.45, 7) is 0.312. The van der Waals surface area contributed by atoms with Gasteiger partial charge >= 0.3 is 0 Å². The van der Waals surface area contributed by atoms with E-state index in [0.717, 1.165) is 15.6 Å². The van der Waals surface area contributed by atoms with Gasteiger partial charge in [0.15, 0.2) is 0 Å². The molecule has 0 spiro atoms. The smallest absolute Gasteiger partial charge is 0.224 e. The maximum absolute atomic E-state index is 13.0. The minimum Gasteiger partial charge on any atom is -0.350 e. The quantitative estimate of drug-likeness (QED) is 0.707. The van der Waals surface area contributed by atoms with Crippen molar-refractivity contribution in [3.05, 3.63) is 82.5 Å². The summed E-state index contributed by atoms with van der Waals surface area (Å²) in [4.78, 5) is 20.4. The van der Waals surface area contributed by atoms with Crippen molar-refractivity contribution in [2.45, 2.75) is 13.0 Å². The first-order chi connectivity index (χ1) is 12.1. The summed E-state index contributed by atoms with van der Waals surface area (Å²) in [5, 5.41) is 2.85. The number of hydrogen-bond acceptors (Lipinski definition) is 3. The molecule has 1 N–H and O–H groups in total. The van der Waals surface area contributed by atoms with Gasteiger partial charge in [-0.1, -0.05) is 28.1 Å². The van der Waals surface area contributed by atoms with Crippen LogP contribution in [-0.4, -0.2) is 15.9 Å². The highest BCUT2D eigenvalue weighted by atomic mass is 79.9. The molecule has 0 unspecified atom stereocenters. The number of nitrogens with zero attached hydrogens (tertiary/aromatic N) is 2. The average Bonchev–Trinajstić information content (AvgIpc) is 2.63. The summed E-state index contributed by atoms with van der Waals surface area (Å²) in [6.07, 6.45) is 1.75. The fourth-order valence-corrected chi connectivity index (χ4v) is 2.58. The molecule has 0 aliphatic carbocycles. The van der Waals surface area contributed by atoms with Crippen molar-refractivity contribution in [3.63, 3.8) is 0 Å². The Morgan fingerprint density at radius 3 is 2.48 bits per heavy atom. The Bertz CT molecular complexity index is 867. The highest BCUT2D eigenvalue weighted by molar-refractivity contribution is 9.10. The van der Waals surface area contributed by atoms with E-state index in [1.165, 1.54) is 18.5 Å². The molecular formula is C19H15BrFN3O. The van der Waals surface area contributed by atoms with E-state index in [-0.39, 0.29) is 11.7 Å². The molecule has 0 saturated heterocycles. The zero-order valence-corrected chi connectivity index (χ0v) is 14.8. The molecule has 1 heterocycles. The number of hydrogen-bond donors (Lipinski definition) is 1. The Morgan fingerprint density at radius 1 is 1.04 bits per heavy atom. The number of amides is 1. The topological polar surface area (TPSA) is 54.9 Å². The highest BCUT2D eigenvalue weighted by Gasteiger charge is 2.06. The number of aromatic nitrogens is 2. The lowest BCUT2D eigenvalue weighted by atomic mass is 10.1. The Kier molecular flexibility index (Phi) is 5.50. The minimum absolute atomic E-state index is 0.0794.